The molecule has 0 saturated carbocycles. The largest absolute Gasteiger partial charge is 0.485 e. The lowest BCUT2D eigenvalue weighted by Gasteiger charge is -2.17. The van der Waals surface area contributed by atoms with Gasteiger partial charge in [-0.05, 0) is 38.0 Å². The number of benzene rings is 1. The van der Waals surface area contributed by atoms with E-state index in [1.54, 1.807) is 12.1 Å². The molecule has 1 aromatic carbocycles. The monoisotopic (exact) mass is 273 g/mol. The molecular weight excluding hydrogens is 257 g/mol. The van der Waals surface area contributed by atoms with Gasteiger partial charge in [-0.1, -0.05) is 35.9 Å². The van der Waals surface area contributed by atoms with E-state index in [1.807, 2.05) is 19.9 Å². The van der Waals surface area contributed by atoms with Crippen molar-refractivity contribution < 1.29 is 4.74 Å². The maximum absolute atomic E-state index is 6.13. The fraction of sp³-hybridized carbons (Fsp3) is 0.385. The van der Waals surface area contributed by atoms with Gasteiger partial charge in [0.15, 0.2) is 0 Å². The van der Waals surface area contributed by atoms with Crippen molar-refractivity contribution in [2.45, 2.75) is 32.4 Å². The van der Waals surface area contributed by atoms with Crippen LogP contribution in [0.1, 0.15) is 19.4 Å². The minimum Gasteiger partial charge on any atom is -0.485 e. The number of rotatable bonds is 5. The van der Waals surface area contributed by atoms with Gasteiger partial charge in [0.25, 0.3) is 0 Å². The maximum Gasteiger partial charge on any atom is 0.142 e. The van der Waals surface area contributed by atoms with Gasteiger partial charge in [0.1, 0.15) is 11.9 Å². The molecule has 1 rings (SSSR count). The average molecular weight is 274 g/mol. The molecule has 0 aliphatic heterocycles. The van der Waals surface area contributed by atoms with E-state index in [0.29, 0.717) is 22.2 Å². The predicted molar refractivity (Wildman–Crippen MR) is 74.1 cm³/mol. The van der Waals surface area contributed by atoms with Crippen molar-refractivity contribution in [1.29, 1.82) is 0 Å². The van der Waals surface area contributed by atoms with E-state index in [2.05, 4.69) is 6.58 Å². The molecule has 0 saturated heterocycles. The second-order valence-corrected chi connectivity index (χ2v) is 4.96. The number of halogens is 2. The normalized spacial score (nSPS) is 14.2. The Hall–Kier alpha value is -0.700. The first kappa shape index (κ1) is 14.4. The van der Waals surface area contributed by atoms with E-state index in [0.717, 1.165) is 5.56 Å². The molecule has 2 atom stereocenters. The van der Waals surface area contributed by atoms with E-state index in [1.165, 1.54) is 0 Å². The third-order valence-electron chi connectivity index (χ3n) is 2.26. The zero-order valence-electron chi connectivity index (χ0n) is 10.0. The van der Waals surface area contributed by atoms with Crippen LogP contribution in [-0.2, 0) is 6.42 Å². The van der Waals surface area contributed by atoms with Gasteiger partial charge in [0.2, 0.25) is 0 Å². The van der Waals surface area contributed by atoms with E-state index < -0.39 is 0 Å². The minimum atomic E-state index is -0.111. The van der Waals surface area contributed by atoms with Crippen molar-refractivity contribution in [3.05, 3.63) is 40.4 Å². The van der Waals surface area contributed by atoms with Crippen molar-refractivity contribution in [2.75, 3.05) is 0 Å². The van der Waals surface area contributed by atoms with E-state index >= 15 is 0 Å². The molecule has 0 spiro atoms. The van der Waals surface area contributed by atoms with Crippen LogP contribution in [0.5, 0.6) is 5.75 Å². The maximum atomic E-state index is 6.13. The van der Waals surface area contributed by atoms with Gasteiger partial charge in [-0.15, -0.1) is 0 Å². The van der Waals surface area contributed by atoms with Crippen LogP contribution < -0.4 is 10.5 Å². The fourth-order valence-electron chi connectivity index (χ4n) is 1.48. The highest BCUT2D eigenvalue weighted by Gasteiger charge is 2.13. The Labute approximate surface area is 112 Å². The average Bonchev–Trinajstić information content (AvgIpc) is 2.21. The summed E-state index contributed by atoms with van der Waals surface area (Å²) < 4.78 is 5.72. The molecule has 2 nitrogen and oxygen atoms in total. The Morgan fingerprint density at radius 1 is 1.41 bits per heavy atom. The summed E-state index contributed by atoms with van der Waals surface area (Å²) in [6.45, 7) is 7.50. The summed E-state index contributed by atoms with van der Waals surface area (Å²) in [7, 11) is 0. The van der Waals surface area contributed by atoms with Gasteiger partial charge in [-0.2, -0.15) is 0 Å². The summed E-state index contributed by atoms with van der Waals surface area (Å²) in [5, 5.41) is 1.09. The van der Waals surface area contributed by atoms with Crippen LogP contribution in [-0.4, -0.2) is 12.1 Å². The second kappa shape index (κ2) is 6.29. The highest BCUT2D eigenvalue weighted by atomic mass is 35.5. The zero-order chi connectivity index (χ0) is 13.0. The highest BCUT2D eigenvalue weighted by molar-refractivity contribution is 6.35. The van der Waals surface area contributed by atoms with Crippen molar-refractivity contribution in [1.82, 2.24) is 0 Å². The molecular formula is C13H17Cl2NO. The molecule has 0 aliphatic rings. The van der Waals surface area contributed by atoms with E-state index in [-0.39, 0.29) is 12.1 Å². The molecule has 0 aromatic heterocycles. The summed E-state index contributed by atoms with van der Waals surface area (Å²) in [6, 6.07) is 3.52. The molecule has 0 fully saturated rings. The summed E-state index contributed by atoms with van der Waals surface area (Å²) in [6.07, 6.45) is 2.26. The predicted octanol–water partition coefficient (Wildman–Crippen LogP) is 3.84. The van der Waals surface area contributed by atoms with Crippen LogP contribution >= 0.6 is 23.2 Å². The Bertz CT molecular complexity index is 405. The highest BCUT2D eigenvalue weighted by Crippen LogP contribution is 2.33. The van der Waals surface area contributed by atoms with Crippen molar-refractivity contribution in [3.63, 3.8) is 0 Å². The van der Waals surface area contributed by atoms with Crippen LogP contribution in [0.2, 0.25) is 10.0 Å². The molecule has 0 aliphatic carbocycles. The molecule has 0 radical (unpaired) electrons. The van der Waals surface area contributed by atoms with Gasteiger partial charge in [-0.3, -0.25) is 0 Å². The van der Waals surface area contributed by atoms with Gasteiger partial charge in [-0.25, -0.2) is 0 Å². The SMILES string of the molecule is C=CC(C)Oc1c(Cl)cc(Cl)cc1CC(C)N. The van der Waals surface area contributed by atoms with Crippen molar-refractivity contribution in [2.24, 2.45) is 5.73 Å². The number of hydrogen-bond acceptors (Lipinski definition) is 2. The summed E-state index contributed by atoms with van der Waals surface area (Å²) in [5.41, 5.74) is 6.72. The number of ether oxygens (including phenoxy) is 1. The molecule has 94 valence electrons. The third kappa shape index (κ3) is 4.23. The Kier molecular flexibility index (Phi) is 5.31. The van der Waals surface area contributed by atoms with Crippen molar-refractivity contribution >= 4 is 23.2 Å². The topological polar surface area (TPSA) is 35.2 Å². The first-order valence-corrected chi connectivity index (χ1v) is 6.22. The Morgan fingerprint density at radius 3 is 2.59 bits per heavy atom. The molecule has 1 aromatic rings. The van der Waals surface area contributed by atoms with Crippen molar-refractivity contribution in [3.8, 4) is 5.75 Å². The molecule has 0 amide bonds. The van der Waals surface area contributed by atoms with Gasteiger partial charge < -0.3 is 10.5 Å². The molecule has 2 N–H and O–H groups in total. The quantitative estimate of drug-likeness (QED) is 0.828. The van der Waals surface area contributed by atoms with Crippen LogP contribution in [0.4, 0.5) is 0 Å². The Balaban J connectivity index is 3.10. The smallest absolute Gasteiger partial charge is 0.142 e. The van der Waals surface area contributed by atoms with Gasteiger partial charge in [0.05, 0.1) is 5.02 Å². The lowest BCUT2D eigenvalue weighted by Crippen LogP contribution is -2.19. The summed E-state index contributed by atoms with van der Waals surface area (Å²) in [4.78, 5) is 0. The molecule has 4 heteroatoms. The van der Waals surface area contributed by atoms with Gasteiger partial charge >= 0.3 is 0 Å². The lowest BCUT2D eigenvalue weighted by molar-refractivity contribution is 0.267. The summed E-state index contributed by atoms with van der Waals surface area (Å²) in [5.74, 6) is 0.640. The molecule has 0 heterocycles. The Morgan fingerprint density at radius 2 is 2.06 bits per heavy atom. The molecule has 17 heavy (non-hydrogen) atoms. The molecule has 0 bridgehead atoms. The zero-order valence-corrected chi connectivity index (χ0v) is 11.6. The van der Waals surface area contributed by atoms with E-state index in [9.17, 15) is 0 Å². The standard InChI is InChI=1S/C13H17Cl2NO/c1-4-9(3)17-13-10(5-8(2)16)6-11(14)7-12(13)15/h4,6-9H,1,5,16H2,2-3H3. The van der Waals surface area contributed by atoms with Crippen LogP contribution in [0.15, 0.2) is 24.8 Å². The minimum absolute atomic E-state index is 0.0194. The second-order valence-electron chi connectivity index (χ2n) is 4.12. The lowest BCUT2D eigenvalue weighted by atomic mass is 10.1. The first-order valence-electron chi connectivity index (χ1n) is 5.46. The molecule has 2 unspecified atom stereocenters. The van der Waals surface area contributed by atoms with E-state index in [4.69, 9.17) is 33.7 Å². The number of nitrogens with two attached hydrogens (primary N) is 1. The third-order valence-corrected chi connectivity index (χ3v) is 2.76. The summed E-state index contributed by atoms with van der Waals surface area (Å²) >= 11 is 12.1. The van der Waals surface area contributed by atoms with Crippen LogP contribution in [0, 0.1) is 0 Å². The fourth-order valence-corrected chi connectivity index (χ4v) is 2.06. The van der Waals surface area contributed by atoms with Crippen LogP contribution in [0.3, 0.4) is 0 Å². The van der Waals surface area contributed by atoms with Gasteiger partial charge in [0, 0.05) is 11.1 Å². The van der Waals surface area contributed by atoms with Crippen LogP contribution in [0.25, 0.3) is 0 Å². The first-order chi connectivity index (χ1) is 7.93. The number of hydrogen-bond donors (Lipinski definition) is 1.